The van der Waals surface area contributed by atoms with Gasteiger partial charge in [-0.1, -0.05) is 0 Å². The van der Waals surface area contributed by atoms with Gasteiger partial charge in [0.15, 0.2) is 0 Å². The zero-order valence-corrected chi connectivity index (χ0v) is 17.3. The van der Waals surface area contributed by atoms with E-state index in [0.29, 0.717) is 21.9 Å². The Bertz CT molecular complexity index is 1790. The molecule has 1 saturated carbocycles. The molecule has 2 amide bonds. The van der Waals surface area contributed by atoms with Crippen molar-refractivity contribution in [3.8, 4) is 11.5 Å². The molecule has 8 heteroatoms. The third-order valence-electron chi connectivity index (χ3n) is 7.88. The highest BCUT2D eigenvalue weighted by Gasteiger charge is 2.44. The monoisotopic (exact) mass is 438 g/mol. The van der Waals surface area contributed by atoms with Crippen molar-refractivity contribution in [3.05, 3.63) is 47.5 Å². The summed E-state index contributed by atoms with van der Waals surface area (Å²) in [5, 5.41) is 25.9. The quantitative estimate of drug-likeness (QED) is 0.276. The molecule has 3 aromatic carbocycles. The summed E-state index contributed by atoms with van der Waals surface area (Å²) < 4.78 is 4.47. The van der Waals surface area contributed by atoms with Gasteiger partial charge in [0.25, 0.3) is 11.8 Å². The Hall–Kier alpha value is -4.04. The average Bonchev–Trinajstić information content (AvgIpc) is 3.45. The molecule has 8 rings (SSSR count). The fourth-order valence-electron chi connectivity index (χ4n) is 6.76. The van der Waals surface area contributed by atoms with Crippen LogP contribution in [0.25, 0.3) is 43.6 Å². The number of phenols is 2. The van der Waals surface area contributed by atoms with E-state index in [4.69, 9.17) is 5.73 Å². The number of hydrogen-bond donors (Lipinski definition) is 4. The number of benzene rings is 3. The Morgan fingerprint density at radius 1 is 0.818 bits per heavy atom. The van der Waals surface area contributed by atoms with Gasteiger partial charge in [0, 0.05) is 44.7 Å². The zero-order valence-electron chi connectivity index (χ0n) is 17.3. The summed E-state index contributed by atoms with van der Waals surface area (Å²) in [6, 6.07) is 10.4. The van der Waals surface area contributed by atoms with E-state index in [1.807, 2.05) is 12.1 Å². The number of amides is 2. The normalized spacial score (nSPS) is 23.4. The number of aromatic hydroxyl groups is 2. The lowest BCUT2D eigenvalue weighted by atomic mass is 9.96. The number of nitrogens with zero attached hydrogens (tertiary/aromatic N) is 2. The Morgan fingerprint density at radius 3 is 1.97 bits per heavy atom. The van der Waals surface area contributed by atoms with Crippen LogP contribution in [-0.4, -0.2) is 37.2 Å². The average molecular weight is 438 g/mol. The molecule has 3 atom stereocenters. The molecular formula is C25H18N4O4. The molecule has 4 heterocycles. The predicted molar refractivity (Wildman–Crippen MR) is 123 cm³/mol. The second-order valence-corrected chi connectivity index (χ2v) is 9.48. The molecule has 0 saturated heterocycles. The lowest BCUT2D eigenvalue weighted by Gasteiger charge is -2.21. The first kappa shape index (κ1) is 17.5. The van der Waals surface area contributed by atoms with E-state index in [9.17, 15) is 19.8 Å². The van der Waals surface area contributed by atoms with Crippen LogP contribution in [0.2, 0.25) is 0 Å². The SMILES string of the molecule is NC1CC2CC1n1c3ccc(O)cc3c3c4c(c5c6cc(O)ccc6n2c5c31)C(=O)NC4=O. The zero-order chi connectivity index (χ0) is 22.3. The third kappa shape index (κ3) is 1.81. The predicted octanol–water partition coefficient (Wildman–Crippen LogP) is 3.41. The Morgan fingerprint density at radius 2 is 1.36 bits per heavy atom. The van der Waals surface area contributed by atoms with E-state index in [2.05, 4.69) is 14.5 Å². The van der Waals surface area contributed by atoms with E-state index in [-0.39, 0.29) is 29.6 Å². The number of hydrogen-bond acceptors (Lipinski definition) is 5. The fourth-order valence-corrected chi connectivity index (χ4v) is 6.76. The maximum atomic E-state index is 13.1. The maximum Gasteiger partial charge on any atom is 0.259 e. The molecule has 2 bridgehead atoms. The number of phenolic OH excluding ortho intramolecular Hbond substituents is 2. The van der Waals surface area contributed by atoms with Gasteiger partial charge in [-0.2, -0.15) is 0 Å². The molecule has 3 aliphatic rings. The van der Waals surface area contributed by atoms with Crippen molar-refractivity contribution in [2.75, 3.05) is 0 Å². The summed E-state index contributed by atoms with van der Waals surface area (Å²) in [5.74, 6) is -0.689. The Kier molecular flexibility index (Phi) is 2.81. The van der Waals surface area contributed by atoms with Gasteiger partial charge in [-0.3, -0.25) is 14.9 Å². The van der Waals surface area contributed by atoms with Gasteiger partial charge < -0.3 is 25.1 Å². The summed E-state index contributed by atoms with van der Waals surface area (Å²) >= 11 is 0. The van der Waals surface area contributed by atoms with Crippen molar-refractivity contribution >= 4 is 55.4 Å². The summed E-state index contributed by atoms with van der Waals surface area (Å²) in [6.45, 7) is 0. The number of fused-ring (bicyclic) bond motifs is 13. The second-order valence-electron chi connectivity index (χ2n) is 9.48. The van der Waals surface area contributed by atoms with E-state index in [0.717, 1.165) is 45.7 Å². The molecule has 8 nitrogen and oxygen atoms in total. The molecule has 162 valence electrons. The van der Waals surface area contributed by atoms with E-state index in [1.165, 1.54) is 0 Å². The van der Waals surface area contributed by atoms with Crippen LogP contribution in [0.15, 0.2) is 36.4 Å². The van der Waals surface area contributed by atoms with Crippen LogP contribution in [-0.2, 0) is 0 Å². The minimum absolute atomic E-state index is 0.0213. The first-order valence-electron chi connectivity index (χ1n) is 11.0. The molecule has 0 spiro atoms. The van der Waals surface area contributed by atoms with Crippen LogP contribution in [0.4, 0.5) is 0 Å². The van der Waals surface area contributed by atoms with Gasteiger partial charge in [0.2, 0.25) is 0 Å². The van der Waals surface area contributed by atoms with Crippen LogP contribution in [0.3, 0.4) is 0 Å². The summed E-state index contributed by atoms with van der Waals surface area (Å²) in [6.07, 6.45) is 1.60. The minimum Gasteiger partial charge on any atom is -0.508 e. The highest BCUT2D eigenvalue weighted by Crippen LogP contribution is 2.53. The van der Waals surface area contributed by atoms with Gasteiger partial charge in [0.1, 0.15) is 11.5 Å². The molecule has 1 fully saturated rings. The Balaban J connectivity index is 1.79. The molecule has 5 aromatic rings. The van der Waals surface area contributed by atoms with Gasteiger partial charge in [0.05, 0.1) is 28.2 Å². The first-order chi connectivity index (χ1) is 15.9. The first-order valence-corrected chi connectivity index (χ1v) is 11.0. The smallest absolute Gasteiger partial charge is 0.259 e. The van der Waals surface area contributed by atoms with Crippen molar-refractivity contribution in [2.45, 2.75) is 31.0 Å². The molecule has 3 unspecified atom stereocenters. The molecule has 33 heavy (non-hydrogen) atoms. The molecular weight excluding hydrogens is 420 g/mol. The minimum atomic E-state index is -0.445. The molecule has 5 N–H and O–H groups in total. The summed E-state index contributed by atoms with van der Waals surface area (Å²) in [7, 11) is 0. The summed E-state index contributed by atoms with van der Waals surface area (Å²) in [5.41, 5.74) is 10.9. The van der Waals surface area contributed by atoms with Crippen molar-refractivity contribution in [2.24, 2.45) is 5.73 Å². The van der Waals surface area contributed by atoms with E-state index < -0.39 is 11.8 Å². The van der Waals surface area contributed by atoms with Crippen LogP contribution in [0, 0.1) is 0 Å². The highest BCUT2D eigenvalue weighted by atomic mass is 16.3. The topological polar surface area (TPSA) is 123 Å². The number of carbonyl (C=O) groups excluding carboxylic acids is 2. The fraction of sp³-hybridized carbons (Fsp3) is 0.200. The molecule has 2 aromatic heterocycles. The van der Waals surface area contributed by atoms with Gasteiger partial charge in [-0.05, 0) is 49.2 Å². The van der Waals surface area contributed by atoms with E-state index in [1.54, 1.807) is 24.3 Å². The third-order valence-corrected chi connectivity index (χ3v) is 7.88. The van der Waals surface area contributed by atoms with Gasteiger partial charge in [-0.15, -0.1) is 0 Å². The summed E-state index contributed by atoms with van der Waals surface area (Å²) in [4.78, 5) is 26.2. The van der Waals surface area contributed by atoms with Crippen LogP contribution < -0.4 is 11.1 Å². The van der Waals surface area contributed by atoms with Gasteiger partial charge >= 0.3 is 0 Å². The molecule has 0 radical (unpaired) electrons. The van der Waals surface area contributed by atoms with Crippen LogP contribution in [0.1, 0.15) is 45.6 Å². The van der Waals surface area contributed by atoms with Crippen molar-refractivity contribution < 1.29 is 19.8 Å². The lowest BCUT2D eigenvalue weighted by molar-refractivity contribution is 0.0880. The number of imide groups is 1. The number of carbonyl (C=O) groups is 2. The highest BCUT2D eigenvalue weighted by molar-refractivity contribution is 6.39. The maximum absolute atomic E-state index is 13.1. The van der Waals surface area contributed by atoms with Crippen LogP contribution >= 0.6 is 0 Å². The Labute approximate surface area is 185 Å². The molecule has 1 aliphatic carbocycles. The lowest BCUT2D eigenvalue weighted by Crippen LogP contribution is -2.27. The van der Waals surface area contributed by atoms with Crippen molar-refractivity contribution in [1.29, 1.82) is 0 Å². The van der Waals surface area contributed by atoms with E-state index >= 15 is 0 Å². The van der Waals surface area contributed by atoms with Crippen molar-refractivity contribution in [3.63, 3.8) is 0 Å². The van der Waals surface area contributed by atoms with Crippen LogP contribution in [0.5, 0.6) is 11.5 Å². The van der Waals surface area contributed by atoms with Gasteiger partial charge in [-0.25, -0.2) is 0 Å². The second kappa shape index (κ2) is 5.29. The number of nitrogens with one attached hydrogen (secondary N) is 1. The number of aromatic nitrogens is 2. The standard InChI is InChI=1S/C25H18N4O4/c26-14-5-9-6-17(14)29-16-4-2-11(31)8-13(16)19-21-20(24(32)27-25(21)33)18-12-7-10(30)1-3-15(12)28(9)22(18)23(19)29/h1-4,7-9,14,17,30-31H,5-6,26H2,(H,27,32,33). The van der Waals surface area contributed by atoms with Crippen molar-refractivity contribution in [1.82, 2.24) is 14.5 Å². The number of nitrogens with two attached hydrogens (primary N) is 1. The molecule has 2 aliphatic heterocycles. The number of rotatable bonds is 0. The largest absolute Gasteiger partial charge is 0.508 e.